The standard InChI is InChI=1S/C27H31N3O3/c31-18-24-26(21-14-12-20(13-15-21)11-10-19-6-2-1-3-7-19)23-16-29(17-25(32)30(23)24)27(33)28-22-8-4-5-9-22/h1-3,6-7,10-15,22-24,26,31H,4-5,8-9,16-18H2,(H,28,33)/b11-10+/t23-,24+,26+/m0/s1. The molecule has 2 heterocycles. The van der Waals surface area contributed by atoms with Crippen molar-refractivity contribution in [2.24, 2.45) is 0 Å². The number of aliphatic hydroxyl groups is 1. The van der Waals surface area contributed by atoms with Gasteiger partial charge in [0.2, 0.25) is 5.91 Å². The average Bonchev–Trinajstić information content (AvgIpc) is 3.33. The number of aliphatic hydroxyl groups excluding tert-OH is 1. The lowest BCUT2D eigenvalue weighted by molar-refractivity contribution is -0.159. The number of benzene rings is 2. The Morgan fingerprint density at radius 3 is 2.33 bits per heavy atom. The Hall–Kier alpha value is -3.12. The molecule has 6 nitrogen and oxygen atoms in total. The van der Waals surface area contributed by atoms with Crippen LogP contribution < -0.4 is 5.32 Å². The fraction of sp³-hybridized carbons (Fsp3) is 0.407. The molecule has 0 radical (unpaired) electrons. The number of hydrogen-bond donors (Lipinski definition) is 2. The van der Waals surface area contributed by atoms with Crippen LogP contribution in [0.5, 0.6) is 0 Å². The van der Waals surface area contributed by atoms with E-state index in [0.717, 1.165) is 42.4 Å². The van der Waals surface area contributed by atoms with Crippen LogP contribution in [0.1, 0.15) is 48.3 Å². The molecule has 3 atom stereocenters. The second kappa shape index (κ2) is 9.40. The van der Waals surface area contributed by atoms with Gasteiger partial charge in [-0.15, -0.1) is 0 Å². The fourth-order valence-corrected chi connectivity index (χ4v) is 5.58. The van der Waals surface area contributed by atoms with Crippen LogP contribution >= 0.6 is 0 Å². The minimum atomic E-state index is -0.228. The normalized spacial score (nSPS) is 25.2. The maximum Gasteiger partial charge on any atom is 0.318 e. The van der Waals surface area contributed by atoms with Crippen LogP contribution in [0.3, 0.4) is 0 Å². The van der Waals surface area contributed by atoms with Gasteiger partial charge in [0.1, 0.15) is 6.54 Å². The van der Waals surface area contributed by atoms with Crippen molar-refractivity contribution in [3.63, 3.8) is 0 Å². The molecule has 0 unspecified atom stereocenters. The van der Waals surface area contributed by atoms with Gasteiger partial charge < -0.3 is 20.2 Å². The van der Waals surface area contributed by atoms with E-state index in [-0.39, 0.29) is 49.1 Å². The smallest absolute Gasteiger partial charge is 0.318 e. The molecule has 0 spiro atoms. The molecular formula is C27H31N3O3. The van der Waals surface area contributed by atoms with E-state index < -0.39 is 0 Å². The second-order valence-corrected chi connectivity index (χ2v) is 9.37. The van der Waals surface area contributed by atoms with Gasteiger partial charge in [0.25, 0.3) is 0 Å². The highest BCUT2D eigenvalue weighted by molar-refractivity contribution is 5.87. The quantitative estimate of drug-likeness (QED) is 0.692. The van der Waals surface area contributed by atoms with Gasteiger partial charge in [0.05, 0.1) is 18.7 Å². The van der Waals surface area contributed by atoms with E-state index in [2.05, 4.69) is 53.9 Å². The molecule has 2 aromatic carbocycles. The minimum Gasteiger partial charge on any atom is -0.394 e. The number of amides is 3. The summed E-state index contributed by atoms with van der Waals surface area (Å²) < 4.78 is 0. The van der Waals surface area contributed by atoms with Gasteiger partial charge in [-0.3, -0.25) is 4.79 Å². The van der Waals surface area contributed by atoms with E-state index in [1.165, 1.54) is 0 Å². The van der Waals surface area contributed by atoms with Gasteiger partial charge in [-0.2, -0.15) is 0 Å². The topological polar surface area (TPSA) is 72.9 Å². The number of nitrogens with one attached hydrogen (secondary N) is 1. The van der Waals surface area contributed by atoms with Gasteiger partial charge >= 0.3 is 6.03 Å². The molecule has 1 aliphatic carbocycles. The van der Waals surface area contributed by atoms with E-state index in [1.54, 1.807) is 9.80 Å². The first kappa shape index (κ1) is 21.7. The molecule has 2 aromatic rings. The molecule has 33 heavy (non-hydrogen) atoms. The predicted octanol–water partition coefficient (Wildman–Crippen LogP) is 3.48. The number of nitrogens with zero attached hydrogens (tertiary/aromatic N) is 2. The Balaban J connectivity index is 1.28. The zero-order valence-electron chi connectivity index (χ0n) is 18.8. The minimum absolute atomic E-state index is 0.0215. The van der Waals surface area contributed by atoms with Gasteiger partial charge in [0, 0.05) is 18.5 Å². The van der Waals surface area contributed by atoms with Crippen LogP contribution in [0.15, 0.2) is 54.6 Å². The first-order valence-corrected chi connectivity index (χ1v) is 11.9. The van der Waals surface area contributed by atoms with E-state index in [0.29, 0.717) is 6.54 Å². The first-order chi connectivity index (χ1) is 16.1. The van der Waals surface area contributed by atoms with Crippen LogP contribution in [0.25, 0.3) is 12.2 Å². The number of hydrogen-bond acceptors (Lipinski definition) is 3. The molecule has 2 saturated heterocycles. The summed E-state index contributed by atoms with van der Waals surface area (Å²) in [7, 11) is 0. The van der Waals surface area contributed by atoms with Crippen molar-refractivity contribution in [1.29, 1.82) is 0 Å². The van der Waals surface area contributed by atoms with Gasteiger partial charge in [0.15, 0.2) is 0 Å². The summed E-state index contributed by atoms with van der Waals surface area (Å²) in [5.41, 5.74) is 3.34. The highest BCUT2D eigenvalue weighted by Crippen LogP contribution is 2.43. The molecule has 3 amide bonds. The molecule has 0 bridgehead atoms. The van der Waals surface area contributed by atoms with Crippen molar-refractivity contribution in [2.45, 2.75) is 49.7 Å². The van der Waals surface area contributed by atoms with Crippen LogP contribution in [0.2, 0.25) is 0 Å². The van der Waals surface area contributed by atoms with Crippen molar-refractivity contribution in [3.05, 3.63) is 71.3 Å². The molecule has 0 aromatic heterocycles. The van der Waals surface area contributed by atoms with Crippen molar-refractivity contribution >= 4 is 24.1 Å². The molecule has 1 saturated carbocycles. The number of carbonyl (C=O) groups excluding carboxylic acids is 2. The highest BCUT2D eigenvalue weighted by atomic mass is 16.3. The van der Waals surface area contributed by atoms with Crippen LogP contribution in [0, 0.1) is 0 Å². The third-order valence-corrected chi connectivity index (χ3v) is 7.31. The average molecular weight is 446 g/mol. The van der Waals surface area contributed by atoms with E-state index in [4.69, 9.17) is 0 Å². The van der Waals surface area contributed by atoms with Crippen LogP contribution in [-0.2, 0) is 4.79 Å². The zero-order chi connectivity index (χ0) is 22.8. The summed E-state index contributed by atoms with van der Waals surface area (Å²) in [6, 6.07) is 18.2. The fourth-order valence-electron chi connectivity index (χ4n) is 5.58. The van der Waals surface area contributed by atoms with Crippen LogP contribution in [0.4, 0.5) is 4.79 Å². The van der Waals surface area contributed by atoms with E-state index in [9.17, 15) is 14.7 Å². The molecule has 5 rings (SSSR count). The monoisotopic (exact) mass is 445 g/mol. The third kappa shape index (κ3) is 4.40. The lowest BCUT2D eigenvalue weighted by atomic mass is 9.73. The Labute approximate surface area is 194 Å². The summed E-state index contributed by atoms with van der Waals surface area (Å²) in [6.07, 6.45) is 8.49. The second-order valence-electron chi connectivity index (χ2n) is 9.37. The van der Waals surface area contributed by atoms with Crippen molar-refractivity contribution in [3.8, 4) is 0 Å². The first-order valence-electron chi connectivity index (χ1n) is 11.9. The van der Waals surface area contributed by atoms with Crippen molar-refractivity contribution in [2.75, 3.05) is 19.7 Å². The van der Waals surface area contributed by atoms with Crippen molar-refractivity contribution < 1.29 is 14.7 Å². The Morgan fingerprint density at radius 2 is 1.67 bits per heavy atom. The van der Waals surface area contributed by atoms with Gasteiger partial charge in [-0.25, -0.2) is 4.79 Å². The third-order valence-electron chi connectivity index (χ3n) is 7.31. The number of piperazine rings is 1. The molecule has 3 fully saturated rings. The number of carbonyl (C=O) groups is 2. The lowest BCUT2D eigenvalue weighted by Crippen LogP contribution is -2.74. The summed E-state index contributed by atoms with van der Waals surface area (Å²) in [6.45, 7) is 0.513. The molecule has 2 N–H and O–H groups in total. The van der Waals surface area contributed by atoms with Crippen LogP contribution in [-0.4, -0.2) is 64.7 Å². The maximum absolute atomic E-state index is 12.8. The Morgan fingerprint density at radius 1 is 1.00 bits per heavy atom. The SMILES string of the molecule is O=C(NC1CCCC1)N1CC(=O)N2[C@H](CO)[C@H](c3ccc(/C=C/c4ccccc4)cc3)[C@@H]2C1. The molecule has 2 aliphatic heterocycles. The molecule has 172 valence electrons. The molecule has 6 heteroatoms. The summed E-state index contributed by atoms with van der Waals surface area (Å²) in [4.78, 5) is 29.0. The van der Waals surface area contributed by atoms with E-state index >= 15 is 0 Å². The number of rotatable bonds is 5. The largest absolute Gasteiger partial charge is 0.394 e. The van der Waals surface area contributed by atoms with Gasteiger partial charge in [-0.1, -0.05) is 79.6 Å². The predicted molar refractivity (Wildman–Crippen MR) is 128 cm³/mol. The van der Waals surface area contributed by atoms with Crippen molar-refractivity contribution in [1.82, 2.24) is 15.1 Å². The van der Waals surface area contributed by atoms with Gasteiger partial charge in [-0.05, 0) is 29.5 Å². The Kier molecular flexibility index (Phi) is 6.18. The number of fused-ring (bicyclic) bond motifs is 1. The zero-order valence-corrected chi connectivity index (χ0v) is 18.8. The summed E-state index contributed by atoms with van der Waals surface area (Å²) in [5, 5.41) is 13.1. The Bertz CT molecular complexity index is 1010. The highest BCUT2D eigenvalue weighted by Gasteiger charge is 2.54. The van der Waals surface area contributed by atoms with E-state index in [1.807, 2.05) is 18.2 Å². The molecular weight excluding hydrogens is 414 g/mol. The summed E-state index contributed by atoms with van der Waals surface area (Å²) in [5.74, 6) is -0.0567. The number of urea groups is 1. The maximum atomic E-state index is 12.8. The lowest BCUT2D eigenvalue weighted by Gasteiger charge is -2.58. The molecule has 3 aliphatic rings. The summed E-state index contributed by atoms with van der Waals surface area (Å²) >= 11 is 0.